The highest BCUT2D eigenvalue weighted by Crippen LogP contribution is 2.33. The highest BCUT2D eigenvalue weighted by atomic mass is 32.1. The van der Waals surface area contributed by atoms with Crippen molar-refractivity contribution in [3.63, 3.8) is 0 Å². The summed E-state index contributed by atoms with van der Waals surface area (Å²) in [5.41, 5.74) is 2.36. The molecule has 0 unspecified atom stereocenters. The van der Waals surface area contributed by atoms with Gasteiger partial charge >= 0.3 is 0 Å². The first kappa shape index (κ1) is 17.1. The van der Waals surface area contributed by atoms with Crippen molar-refractivity contribution in [2.24, 2.45) is 0 Å². The van der Waals surface area contributed by atoms with E-state index in [9.17, 15) is 4.79 Å². The maximum absolute atomic E-state index is 12.4. The van der Waals surface area contributed by atoms with E-state index in [1.165, 1.54) is 10.7 Å². The van der Waals surface area contributed by atoms with Crippen LogP contribution in [0.1, 0.15) is 55.8 Å². The number of hydrogen-bond donors (Lipinski definition) is 0. The lowest BCUT2D eigenvalue weighted by Gasteiger charge is -2.31. The summed E-state index contributed by atoms with van der Waals surface area (Å²) in [5.74, 6) is 0.646. The topological polar surface area (TPSA) is 51.0 Å². The third kappa shape index (κ3) is 3.86. The number of nitrogens with zero attached hydrogens (tertiary/aromatic N) is 4. The summed E-state index contributed by atoms with van der Waals surface area (Å²) >= 11 is 1.77. The van der Waals surface area contributed by atoms with E-state index in [1.807, 2.05) is 18.0 Å². The maximum Gasteiger partial charge on any atom is 0.244 e. The quantitative estimate of drug-likeness (QED) is 0.856. The van der Waals surface area contributed by atoms with E-state index in [0.29, 0.717) is 12.5 Å². The highest BCUT2D eigenvalue weighted by Gasteiger charge is 2.27. The lowest BCUT2D eigenvalue weighted by atomic mass is 9.93. The molecular formula is C18H26N4OS. The number of aryl methyl sites for hydroxylation is 1. The number of carbonyl (C=O) groups excluding carboxylic acids is 1. The summed E-state index contributed by atoms with van der Waals surface area (Å²) in [6, 6.07) is 0. The van der Waals surface area contributed by atoms with E-state index < -0.39 is 0 Å². The van der Waals surface area contributed by atoms with Gasteiger partial charge in [0.05, 0.1) is 16.9 Å². The lowest BCUT2D eigenvalue weighted by molar-refractivity contribution is -0.133. The monoisotopic (exact) mass is 346 g/mol. The van der Waals surface area contributed by atoms with Gasteiger partial charge in [0, 0.05) is 36.0 Å². The highest BCUT2D eigenvalue weighted by molar-refractivity contribution is 7.09. The Morgan fingerprint density at radius 3 is 2.58 bits per heavy atom. The van der Waals surface area contributed by atoms with E-state index in [1.54, 1.807) is 22.2 Å². The Hall–Kier alpha value is -1.69. The molecular weight excluding hydrogens is 320 g/mol. The van der Waals surface area contributed by atoms with Crippen LogP contribution in [-0.4, -0.2) is 38.7 Å². The van der Waals surface area contributed by atoms with Crippen LogP contribution in [0.5, 0.6) is 0 Å². The van der Waals surface area contributed by atoms with Crippen molar-refractivity contribution in [2.45, 2.75) is 58.4 Å². The number of aromatic nitrogens is 3. The van der Waals surface area contributed by atoms with Crippen molar-refractivity contribution in [3.8, 4) is 0 Å². The van der Waals surface area contributed by atoms with Crippen LogP contribution in [0.15, 0.2) is 17.8 Å². The smallest absolute Gasteiger partial charge is 0.244 e. The molecule has 1 amide bonds. The molecule has 3 heterocycles. The van der Waals surface area contributed by atoms with E-state index in [4.69, 9.17) is 4.98 Å². The molecule has 5 nitrogen and oxygen atoms in total. The summed E-state index contributed by atoms with van der Waals surface area (Å²) < 4.78 is 1.72. The molecule has 3 rings (SSSR count). The van der Waals surface area contributed by atoms with Crippen LogP contribution in [-0.2, 0) is 16.8 Å². The van der Waals surface area contributed by atoms with Crippen molar-refractivity contribution in [1.82, 2.24) is 19.7 Å². The van der Waals surface area contributed by atoms with Gasteiger partial charge in [-0.3, -0.25) is 9.48 Å². The van der Waals surface area contributed by atoms with Gasteiger partial charge in [-0.05, 0) is 25.3 Å². The minimum Gasteiger partial charge on any atom is -0.341 e. The summed E-state index contributed by atoms with van der Waals surface area (Å²) in [7, 11) is 0. The van der Waals surface area contributed by atoms with Crippen molar-refractivity contribution < 1.29 is 4.79 Å². The second-order valence-electron chi connectivity index (χ2n) is 7.69. The molecule has 130 valence electrons. The number of thiazole rings is 1. The van der Waals surface area contributed by atoms with Gasteiger partial charge in [0.25, 0.3) is 0 Å². The van der Waals surface area contributed by atoms with Gasteiger partial charge in [-0.1, -0.05) is 20.8 Å². The molecule has 0 saturated carbocycles. The number of amides is 1. The van der Waals surface area contributed by atoms with Gasteiger partial charge in [0.2, 0.25) is 5.91 Å². The van der Waals surface area contributed by atoms with Crippen LogP contribution >= 0.6 is 11.3 Å². The van der Waals surface area contributed by atoms with E-state index in [0.717, 1.165) is 31.5 Å². The first-order valence-electron chi connectivity index (χ1n) is 8.55. The van der Waals surface area contributed by atoms with E-state index in [-0.39, 0.29) is 11.3 Å². The molecule has 0 atom stereocenters. The fraction of sp³-hybridized carbons (Fsp3) is 0.611. The Kier molecular flexibility index (Phi) is 4.76. The van der Waals surface area contributed by atoms with E-state index >= 15 is 0 Å². The predicted octanol–water partition coefficient (Wildman–Crippen LogP) is 3.35. The molecule has 0 aromatic carbocycles. The molecule has 2 aromatic heterocycles. The molecule has 1 aliphatic rings. The average Bonchev–Trinajstić information content (AvgIpc) is 3.16. The van der Waals surface area contributed by atoms with Crippen LogP contribution in [0.3, 0.4) is 0 Å². The SMILES string of the molecule is Cc1cnn(CC(=O)N2CCC(c3nc(C(C)(C)C)cs3)CC2)c1. The molecule has 1 fully saturated rings. The first-order chi connectivity index (χ1) is 11.3. The zero-order chi connectivity index (χ0) is 17.3. The first-order valence-corrected chi connectivity index (χ1v) is 9.43. The largest absolute Gasteiger partial charge is 0.341 e. The predicted molar refractivity (Wildman–Crippen MR) is 96.3 cm³/mol. The van der Waals surface area contributed by atoms with Gasteiger partial charge in [0.15, 0.2) is 0 Å². The standard InChI is InChI=1S/C18H26N4OS/c1-13-9-19-22(10-13)11-16(23)21-7-5-14(6-8-21)17-20-15(12-24-17)18(2,3)4/h9-10,12,14H,5-8,11H2,1-4H3. The number of likely N-dealkylation sites (tertiary alicyclic amines) is 1. The second kappa shape index (κ2) is 6.67. The fourth-order valence-corrected chi connectivity index (χ4v) is 4.21. The van der Waals surface area contributed by atoms with Crippen LogP contribution in [0.25, 0.3) is 0 Å². The Balaban J connectivity index is 1.55. The third-order valence-corrected chi connectivity index (χ3v) is 5.55. The van der Waals surface area contributed by atoms with Gasteiger partial charge in [-0.15, -0.1) is 11.3 Å². The molecule has 0 bridgehead atoms. The van der Waals surface area contributed by atoms with Crippen molar-refractivity contribution in [3.05, 3.63) is 34.0 Å². The Morgan fingerprint density at radius 1 is 1.33 bits per heavy atom. The number of piperidine rings is 1. The third-order valence-electron chi connectivity index (χ3n) is 4.55. The van der Waals surface area contributed by atoms with Crippen LogP contribution in [0, 0.1) is 6.92 Å². The molecule has 0 spiro atoms. The molecule has 2 aromatic rings. The van der Waals surface area contributed by atoms with Gasteiger partial charge in [-0.2, -0.15) is 5.10 Å². The summed E-state index contributed by atoms with van der Waals surface area (Å²) in [6.07, 6.45) is 5.70. The number of carbonyl (C=O) groups is 1. The van der Waals surface area contributed by atoms with Crippen LogP contribution < -0.4 is 0 Å². The van der Waals surface area contributed by atoms with Gasteiger partial charge in [-0.25, -0.2) is 4.98 Å². The Morgan fingerprint density at radius 2 is 2.04 bits per heavy atom. The van der Waals surface area contributed by atoms with Crippen LogP contribution in [0.4, 0.5) is 0 Å². The van der Waals surface area contributed by atoms with Crippen molar-refractivity contribution in [1.29, 1.82) is 0 Å². The van der Waals surface area contributed by atoms with Crippen molar-refractivity contribution in [2.75, 3.05) is 13.1 Å². The summed E-state index contributed by atoms with van der Waals surface area (Å²) in [6.45, 7) is 10.5. The summed E-state index contributed by atoms with van der Waals surface area (Å²) in [4.78, 5) is 19.2. The number of rotatable bonds is 3. The molecule has 0 radical (unpaired) electrons. The molecule has 6 heteroatoms. The fourth-order valence-electron chi connectivity index (χ4n) is 2.99. The molecule has 1 aliphatic heterocycles. The van der Waals surface area contributed by atoms with Gasteiger partial charge in [0.1, 0.15) is 6.54 Å². The normalized spacial score (nSPS) is 16.6. The number of hydrogen-bond acceptors (Lipinski definition) is 4. The molecule has 1 saturated heterocycles. The Bertz CT molecular complexity index is 705. The lowest BCUT2D eigenvalue weighted by Crippen LogP contribution is -2.39. The minimum absolute atomic E-state index is 0.104. The minimum atomic E-state index is 0.104. The van der Waals surface area contributed by atoms with Crippen molar-refractivity contribution >= 4 is 17.2 Å². The average molecular weight is 347 g/mol. The molecule has 0 N–H and O–H groups in total. The molecule has 0 aliphatic carbocycles. The zero-order valence-corrected chi connectivity index (χ0v) is 15.8. The van der Waals surface area contributed by atoms with Crippen LogP contribution in [0.2, 0.25) is 0 Å². The zero-order valence-electron chi connectivity index (χ0n) is 15.0. The summed E-state index contributed by atoms with van der Waals surface area (Å²) in [5, 5.41) is 7.62. The second-order valence-corrected chi connectivity index (χ2v) is 8.58. The Labute approximate surface area is 147 Å². The van der Waals surface area contributed by atoms with E-state index in [2.05, 4.69) is 31.2 Å². The van der Waals surface area contributed by atoms with Gasteiger partial charge < -0.3 is 4.90 Å². The maximum atomic E-state index is 12.4. The molecule has 24 heavy (non-hydrogen) atoms.